The quantitative estimate of drug-likeness (QED) is 0.540. The number of carbonyl (C=O) groups excluding carboxylic acids is 1. The van der Waals surface area contributed by atoms with Crippen molar-refractivity contribution in [2.75, 3.05) is 18.1 Å². The van der Waals surface area contributed by atoms with Crippen LogP contribution < -0.4 is 5.32 Å². The van der Waals surface area contributed by atoms with Crippen LogP contribution in [0.4, 0.5) is 13.2 Å². The topological polar surface area (TPSA) is 41.5 Å². The molecular formula is C23H21Cl2F3N2OS. The molecule has 2 aromatic carbocycles. The molecule has 4 rings (SSSR count). The monoisotopic (exact) mass is 500 g/mol. The highest BCUT2D eigenvalue weighted by molar-refractivity contribution is 8.00. The van der Waals surface area contributed by atoms with E-state index in [0.717, 1.165) is 11.5 Å². The summed E-state index contributed by atoms with van der Waals surface area (Å²) in [7, 11) is 0. The van der Waals surface area contributed by atoms with Gasteiger partial charge in [0.1, 0.15) is 5.41 Å². The molecule has 1 saturated heterocycles. The third-order valence-electron chi connectivity index (χ3n) is 6.03. The standard InChI is InChI=1S/C23H21Cl2F3N2OS/c1-13-5-14(3-4-18(13)20(31)30-21(2)11-32-12-21)19-9-22(10-29-19,23(26,27)28)15-6-16(24)8-17(25)7-15/h3-8H,9-12H2,1-2H3,(H,30,31). The van der Waals surface area contributed by atoms with Crippen molar-refractivity contribution >= 4 is 46.6 Å². The minimum absolute atomic E-state index is 0.000539. The number of alkyl halides is 3. The molecule has 1 unspecified atom stereocenters. The van der Waals surface area contributed by atoms with Crippen molar-refractivity contribution in [2.45, 2.75) is 37.4 Å². The molecule has 0 spiro atoms. The number of nitrogens with zero attached hydrogens (tertiary/aromatic N) is 1. The highest BCUT2D eigenvalue weighted by Crippen LogP contribution is 2.48. The largest absolute Gasteiger partial charge is 0.400 e. The van der Waals surface area contributed by atoms with Crippen LogP contribution in [0.1, 0.15) is 40.4 Å². The Balaban J connectivity index is 1.61. The summed E-state index contributed by atoms with van der Waals surface area (Å²) in [5, 5.41) is 3.34. The molecular weight excluding hydrogens is 480 g/mol. The van der Waals surface area contributed by atoms with Gasteiger partial charge in [-0.2, -0.15) is 24.9 Å². The summed E-state index contributed by atoms with van der Waals surface area (Å²) in [4.78, 5) is 16.9. The molecule has 0 aliphatic carbocycles. The fourth-order valence-electron chi connectivity index (χ4n) is 4.12. The molecule has 170 valence electrons. The van der Waals surface area contributed by atoms with Gasteiger partial charge >= 0.3 is 6.18 Å². The fourth-order valence-corrected chi connectivity index (χ4v) is 5.61. The second kappa shape index (κ2) is 8.26. The molecule has 32 heavy (non-hydrogen) atoms. The number of hydrogen-bond donors (Lipinski definition) is 1. The summed E-state index contributed by atoms with van der Waals surface area (Å²) in [6.07, 6.45) is -4.87. The van der Waals surface area contributed by atoms with E-state index in [2.05, 4.69) is 10.3 Å². The zero-order chi connectivity index (χ0) is 23.3. The van der Waals surface area contributed by atoms with Crippen LogP contribution in [0, 0.1) is 6.92 Å². The highest BCUT2D eigenvalue weighted by atomic mass is 35.5. The van der Waals surface area contributed by atoms with Crippen LogP contribution in [0.2, 0.25) is 10.0 Å². The van der Waals surface area contributed by atoms with Crippen LogP contribution >= 0.6 is 35.0 Å². The molecule has 1 atom stereocenters. The van der Waals surface area contributed by atoms with E-state index in [0.29, 0.717) is 22.4 Å². The summed E-state index contributed by atoms with van der Waals surface area (Å²) < 4.78 is 42.9. The predicted octanol–water partition coefficient (Wildman–Crippen LogP) is 6.23. The van der Waals surface area contributed by atoms with E-state index in [4.69, 9.17) is 23.2 Å². The predicted molar refractivity (Wildman–Crippen MR) is 125 cm³/mol. The second-order valence-corrected chi connectivity index (χ2v) is 10.6. The minimum atomic E-state index is -4.54. The SMILES string of the molecule is Cc1cc(C2=NCC(c3cc(Cl)cc(Cl)c3)(C(F)(F)F)C2)ccc1C(=O)NC1(C)CSC1. The lowest BCUT2D eigenvalue weighted by atomic mass is 9.76. The minimum Gasteiger partial charge on any atom is -0.345 e. The Morgan fingerprint density at radius 2 is 1.78 bits per heavy atom. The summed E-state index contributed by atoms with van der Waals surface area (Å²) in [6.45, 7) is 3.33. The van der Waals surface area contributed by atoms with Gasteiger partial charge in [-0.05, 0) is 60.9 Å². The lowest BCUT2D eigenvalue weighted by Gasteiger charge is -2.38. The number of carbonyl (C=O) groups is 1. The molecule has 1 N–H and O–H groups in total. The highest BCUT2D eigenvalue weighted by Gasteiger charge is 2.58. The van der Waals surface area contributed by atoms with Gasteiger partial charge in [-0.15, -0.1) is 0 Å². The maximum absolute atomic E-state index is 14.3. The molecule has 0 aromatic heterocycles. The third kappa shape index (κ3) is 4.27. The lowest BCUT2D eigenvalue weighted by molar-refractivity contribution is -0.183. The average Bonchev–Trinajstić information content (AvgIpc) is 3.12. The summed E-state index contributed by atoms with van der Waals surface area (Å²) >= 11 is 13.8. The van der Waals surface area contributed by atoms with Crippen molar-refractivity contribution < 1.29 is 18.0 Å². The van der Waals surface area contributed by atoms with E-state index in [9.17, 15) is 18.0 Å². The maximum atomic E-state index is 14.3. The van der Waals surface area contributed by atoms with Crippen LogP contribution in [-0.4, -0.2) is 41.4 Å². The van der Waals surface area contributed by atoms with Gasteiger partial charge in [0.05, 0.1) is 12.1 Å². The molecule has 0 bridgehead atoms. The van der Waals surface area contributed by atoms with Crippen LogP contribution in [-0.2, 0) is 5.41 Å². The molecule has 0 saturated carbocycles. The first kappa shape index (κ1) is 23.5. The molecule has 2 aliphatic rings. The van der Waals surface area contributed by atoms with Crippen molar-refractivity contribution in [3.63, 3.8) is 0 Å². The van der Waals surface area contributed by atoms with Crippen LogP contribution in [0.3, 0.4) is 0 Å². The molecule has 1 fully saturated rings. The third-order valence-corrected chi connectivity index (χ3v) is 8.15. The summed E-state index contributed by atoms with van der Waals surface area (Å²) in [5.74, 6) is 1.54. The molecule has 0 radical (unpaired) electrons. The van der Waals surface area contributed by atoms with Crippen molar-refractivity contribution in [3.05, 3.63) is 68.7 Å². The maximum Gasteiger partial charge on any atom is 0.400 e. The molecule has 3 nitrogen and oxygen atoms in total. The second-order valence-electron chi connectivity index (χ2n) is 8.71. The Labute approximate surface area is 198 Å². The van der Waals surface area contributed by atoms with Crippen molar-refractivity contribution in [2.24, 2.45) is 4.99 Å². The number of rotatable bonds is 4. The van der Waals surface area contributed by atoms with E-state index in [1.165, 1.54) is 18.2 Å². The Kier molecular flexibility index (Phi) is 6.06. The Morgan fingerprint density at radius 1 is 1.12 bits per heavy atom. The lowest BCUT2D eigenvalue weighted by Crippen LogP contribution is -2.55. The van der Waals surface area contributed by atoms with Crippen LogP contribution in [0.25, 0.3) is 0 Å². The van der Waals surface area contributed by atoms with Crippen molar-refractivity contribution in [1.29, 1.82) is 0 Å². The molecule has 1 amide bonds. The Morgan fingerprint density at radius 3 is 2.31 bits per heavy atom. The fraction of sp³-hybridized carbons (Fsp3) is 0.391. The van der Waals surface area contributed by atoms with Gasteiger partial charge in [-0.1, -0.05) is 29.3 Å². The number of hydrogen-bond acceptors (Lipinski definition) is 3. The first-order valence-electron chi connectivity index (χ1n) is 10.0. The van der Waals surface area contributed by atoms with E-state index < -0.39 is 18.1 Å². The van der Waals surface area contributed by atoms with Gasteiger partial charge in [0, 0.05) is 39.2 Å². The molecule has 9 heteroatoms. The van der Waals surface area contributed by atoms with Gasteiger partial charge in [-0.25, -0.2) is 0 Å². The van der Waals surface area contributed by atoms with Crippen LogP contribution in [0.15, 0.2) is 41.4 Å². The zero-order valence-electron chi connectivity index (χ0n) is 17.4. The van der Waals surface area contributed by atoms with E-state index in [1.807, 2.05) is 6.92 Å². The number of aliphatic imine (C=N–C) groups is 1. The van der Waals surface area contributed by atoms with Crippen LogP contribution in [0.5, 0.6) is 0 Å². The summed E-state index contributed by atoms with van der Waals surface area (Å²) in [6, 6.07) is 9.05. The van der Waals surface area contributed by atoms with Gasteiger partial charge in [0.2, 0.25) is 0 Å². The average molecular weight is 501 g/mol. The molecule has 2 aliphatic heterocycles. The van der Waals surface area contributed by atoms with E-state index in [-0.39, 0.29) is 33.5 Å². The van der Waals surface area contributed by atoms with Gasteiger partial charge in [0.25, 0.3) is 5.91 Å². The zero-order valence-corrected chi connectivity index (χ0v) is 19.8. The number of aryl methyl sites for hydroxylation is 1. The molecule has 2 heterocycles. The van der Waals surface area contributed by atoms with E-state index in [1.54, 1.807) is 36.9 Å². The first-order valence-corrected chi connectivity index (χ1v) is 11.9. The molecule has 2 aromatic rings. The van der Waals surface area contributed by atoms with Gasteiger partial charge in [0.15, 0.2) is 0 Å². The summed E-state index contributed by atoms with van der Waals surface area (Å²) in [5.41, 5.74) is -0.299. The van der Waals surface area contributed by atoms with Gasteiger partial charge in [-0.3, -0.25) is 9.79 Å². The number of amides is 1. The van der Waals surface area contributed by atoms with Crippen molar-refractivity contribution in [3.8, 4) is 0 Å². The normalized spacial score (nSPS) is 22.3. The Bertz CT molecular complexity index is 1090. The number of thioether (sulfide) groups is 1. The smallest absolute Gasteiger partial charge is 0.345 e. The number of halogens is 5. The first-order chi connectivity index (χ1) is 14.9. The van der Waals surface area contributed by atoms with Gasteiger partial charge < -0.3 is 5.32 Å². The Hall–Kier alpha value is -1.70. The number of benzene rings is 2. The van der Waals surface area contributed by atoms with E-state index >= 15 is 0 Å². The number of nitrogens with one attached hydrogen (secondary N) is 1. The van der Waals surface area contributed by atoms with Crippen molar-refractivity contribution in [1.82, 2.24) is 5.32 Å².